The molecule has 0 saturated carbocycles. The molecule has 2 aliphatic carbocycles. The Hall–Kier alpha value is -1.12. The number of hydrogen-bond donors (Lipinski definition) is 0. The molecule has 0 saturated heterocycles. The Kier molecular flexibility index (Phi) is 5.23. The third-order valence-corrected chi connectivity index (χ3v) is 4.49. The van der Waals surface area contributed by atoms with Gasteiger partial charge in [0.1, 0.15) is 13.1 Å². The first-order chi connectivity index (χ1) is 9.86. The van der Waals surface area contributed by atoms with E-state index in [4.69, 9.17) is 0 Å². The van der Waals surface area contributed by atoms with Gasteiger partial charge in [-0.05, 0) is 24.0 Å². The van der Waals surface area contributed by atoms with Crippen molar-refractivity contribution in [2.24, 2.45) is 0 Å². The van der Waals surface area contributed by atoms with Crippen molar-refractivity contribution in [2.45, 2.75) is 19.3 Å². The van der Waals surface area contributed by atoms with Gasteiger partial charge < -0.3 is 8.97 Å². The lowest BCUT2D eigenvalue weighted by molar-refractivity contribution is -0.904. The van der Waals surface area contributed by atoms with Crippen molar-refractivity contribution in [1.29, 1.82) is 0 Å². The lowest BCUT2D eigenvalue weighted by Gasteiger charge is -2.34. The van der Waals surface area contributed by atoms with Gasteiger partial charge in [0.2, 0.25) is 0 Å². The van der Waals surface area contributed by atoms with E-state index in [1.165, 1.54) is 32.6 Å². The Morgan fingerprint density at radius 3 is 1.52 bits per heavy atom. The molecule has 0 atom stereocenters. The fourth-order valence-corrected chi connectivity index (χ4v) is 3.40. The molecule has 2 aliphatic rings. The molecule has 0 amide bonds. The molecular weight excluding hydrogens is 256 g/mol. The second kappa shape index (κ2) is 6.76. The summed E-state index contributed by atoms with van der Waals surface area (Å²) in [5.41, 5.74) is 3.16. The van der Waals surface area contributed by atoms with Gasteiger partial charge >= 0.3 is 0 Å². The van der Waals surface area contributed by atoms with Crippen molar-refractivity contribution in [1.82, 2.24) is 0 Å². The van der Waals surface area contributed by atoms with Crippen molar-refractivity contribution in [3.05, 3.63) is 47.6 Å². The monoisotopic (exact) mass is 288 g/mol. The maximum Gasteiger partial charge on any atom is 0.100 e. The minimum absolute atomic E-state index is 1.11. The van der Waals surface area contributed by atoms with E-state index >= 15 is 0 Å². The van der Waals surface area contributed by atoms with Crippen LogP contribution in [0.1, 0.15) is 19.3 Å². The molecule has 2 rings (SSSR count). The van der Waals surface area contributed by atoms with Crippen LogP contribution >= 0.6 is 0 Å². The van der Waals surface area contributed by atoms with Gasteiger partial charge in [-0.3, -0.25) is 0 Å². The van der Waals surface area contributed by atoms with Gasteiger partial charge in [0.15, 0.2) is 0 Å². The summed E-state index contributed by atoms with van der Waals surface area (Å²) in [5.74, 6) is 0. The maximum atomic E-state index is 2.36. The number of rotatable bonds is 8. The van der Waals surface area contributed by atoms with Crippen molar-refractivity contribution >= 4 is 0 Å². The van der Waals surface area contributed by atoms with Crippen molar-refractivity contribution in [3.8, 4) is 0 Å². The van der Waals surface area contributed by atoms with E-state index in [-0.39, 0.29) is 0 Å². The van der Waals surface area contributed by atoms with Crippen LogP contribution in [-0.4, -0.2) is 63.3 Å². The number of likely N-dealkylation sites (N-methyl/N-ethyl adjacent to an activating group) is 2. The summed E-state index contributed by atoms with van der Waals surface area (Å²) in [6.45, 7) is 4.90. The topological polar surface area (TPSA) is 0 Å². The first-order valence-corrected chi connectivity index (χ1v) is 8.20. The van der Waals surface area contributed by atoms with Gasteiger partial charge in [-0.2, -0.15) is 0 Å². The van der Waals surface area contributed by atoms with Gasteiger partial charge in [-0.1, -0.05) is 36.5 Å². The summed E-state index contributed by atoms with van der Waals surface area (Å²) in [4.78, 5) is 0. The Morgan fingerprint density at radius 1 is 0.762 bits per heavy atom. The minimum atomic E-state index is 1.11. The van der Waals surface area contributed by atoms with Crippen molar-refractivity contribution in [2.75, 3.05) is 54.4 Å². The van der Waals surface area contributed by atoms with Crippen LogP contribution in [0.15, 0.2) is 47.6 Å². The Balaban J connectivity index is 1.71. The van der Waals surface area contributed by atoms with E-state index in [9.17, 15) is 0 Å². The van der Waals surface area contributed by atoms with Crippen molar-refractivity contribution in [3.63, 3.8) is 0 Å². The maximum absolute atomic E-state index is 2.36. The summed E-state index contributed by atoms with van der Waals surface area (Å²) in [6.07, 6.45) is 17.1. The van der Waals surface area contributed by atoms with Gasteiger partial charge in [-0.15, -0.1) is 0 Å². The number of nitrogens with zero attached hydrogens (tertiary/aromatic N) is 2. The largest absolute Gasteiger partial charge is 0.325 e. The molecule has 21 heavy (non-hydrogen) atoms. The van der Waals surface area contributed by atoms with E-state index in [2.05, 4.69) is 64.6 Å². The van der Waals surface area contributed by atoms with Crippen LogP contribution in [0.5, 0.6) is 0 Å². The number of quaternary nitrogens is 2. The highest BCUT2D eigenvalue weighted by atomic mass is 15.3. The molecule has 0 unspecified atom stereocenters. The molecule has 0 bridgehead atoms. The highest BCUT2D eigenvalue weighted by Crippen LogP contribution is 2.17. The SMILES string of the molecule is C[N+](C)(CCC[N+](C)(C)CC1=CC=CC1)CC1=CC=CC1. The average Bonchev–Trinajstić information content (AvgIpc) is 3.00. The molecule has 0 aromatic carbocycles. The third kappa shape index (κ3) is 5.64. The van der Waals surface area contributed by atoms with Gasteiger partial charge in [-0.25, -0.2) is 0 Å². The second-order valence-corrected chi connectivity index (χ2v) is 7.90. The predicted octanol–water partition coefficient (Wildman–Crippen LogP) is 3.30. The summed E-state index contributed by atoms with van der Waals surface area (Å²) < 4.78 is 2.22. The van der Waals surface area contributed by atoms with Gasteiger partial charge in [0, 0.05) is 6.42 Å². The van der Waals surface area contributed by atoms with E-state index < -0.39 is 0 Å². The smallest absolute Gasteiger partial charge is 0.100 e. The van der Waals surface area contributed by atoms with Crippen molar-refractivity contribution < 1.29 is 8.97 Å². The summed E-state index contributed by atoms with van der Waals surface area (Å²) in [5, 5.41) is 0. The fourth-order valence-electron chi connectivity index (χ4n) is 3.40. The molecule has 0 heterocycles. The van der Waals surface area contributed by atoms with E-state index in [1.54, 1.807) is 11.1 Å². The Morgan fingerprint density at radius 2 is 1.19 bits per heavy atom. The molecule has 116 valence electrons. The summed E-state index contributed by atoms with van der Waals surface area (Å²) in [6, 6.07) is 0. The van der Waals surface area contributed by atoms with E-state index in [0.29, 0.717) is 0 Å². The summed E-state index contributed by atoms with van der Waals surface area (Å²) in [7, 11) is 9.45. The van der Waals surface area contributed by atoms with Gasteiger partial charge in [0.05, 0.1) is 41.3 Å². The zero-order chi connectivity index (χ0) is 15.3. The first-order valence-electron chi connectivity index (χ1n) is 8.20. The van der Waals surface area contributed by atoms with Crippen LogP contribution in [0.2, 0.25) is 0 Å². The van der Waals surface area contributed by atoms with Crippen LogP contribution in [0.25, 0.3) is 0 Å². The molecule has 0 N–H and O–H groups in total. The normalized spacial score (nSPS) is 18.3. The second-order valence-electron chi connectivity index (χ2n) is 7.90. The highest BCUT2D eigenvalue weighted by molar-refractivity contribution is 5.23. The van der Waals surface area contributed by atoms with Crippen LogP contribution in [-0.2, 0) is 0 Å². The molecule has 0 aliphatic heterocycles. The predicted molar refractivity (Wildman–Crippen MR) is 92.0 cm³/mol. The summed E-state index contributed by atoms with van der Waals surface area (Å²) >= 11 is 0. The molecule has 0 fully saturated rings. The zero-order valence-electron chi connectivity index (χ0n) is 14.3. The quantitative estimate of drug-likeness (QED) is 0.601. The van der Waals surface area contributed by atoms with Crippen LogP contribution < -0.4 is 0 Å². The van der Waals surface area contributed by atoms with E-state index in [1.807, 2.05) is 0 Å². The number of hydrogen-bond acceptors (Lipinski definition) is 0. The molecule has 2 heteroatoms. The molecular formula is C19H32N2+2. The molecule has 2 nitrogen and oxygen atoms in total. The Bertz CT molecular complexity index is 432. The molecule has 0 spiro atoms. The van der Waals surface area contributed by atoms with Crippen LogP contribution in [0.4, 0.5) is 0 Å². The lowest BCUT2D eigenvalue weighted by atomic mass is 10.1. The Labute approximate surface area is 130 Å². The molecule has 0 aromatic heterocycles. The van der Waals surface area contributed by atoms with Crippen LogP contribution in [0, 0.1) is 0 Å². The fraction of sp³-hybridized carbons (Fsp3) is 0.579. The minimum Gasteiger partial charge on any atom is -0.325 e. The zero-order valence-corrected chi connectivity index (χ0v) is 14.3. The molecule has 0 radical (unpaired) electrons. The standard InChI is InChI=1S/C19H32N2/c1-20(2,16-18-10-5-6-11-18)14-9-15-21(3,4)17-19-12-7-8-13-19/h5-8,10,12H,9,11,13-17H2,1-4H3/q+2. The number of allylic oxidation sites excluding steroid dienone is 6. The van der Waals surface area contributed by atoms with E-state index in [0.717, 1.165) is 21.8 Å². The lowest BCUT2D eigenvalue weighted by Crippen LogP contribution is -2.46. The molecule has 0 aromatic rings. The average molecular weight is 288 g/mol. The third-order valence-electron chi connectivity index (χ3n) is 4.49. The van der Waals surface area contributed by atoms with Crippen LogP contribution in [0.3, 0.4) is 0 Å². The van der Waals surface area contributed by atoms with Gasteiger partial charge in [0.25, 0.3) is 0 Å². The highest BCUT2D eigenvalue weighted by Gasteiger charge is 2.22. The first kappa shape index (κ1) is 16.3.